The van der Waals surface area contributed by atoms with Gasteiger partial charge in [0, 0.05) is 0 Å². The minimum absolute atomic E-state index is 0.133. The molecule has 0 saturated carbocycles. The molecule has 1 N–H and O–H groups in total. The molecule has 0 heterocycles. The fourth-order valence-corrected chi connectivity index (χ4v) is 1.92. The van der Waals surface area contributed by atoms with Crippen LogP contribution in [0.1, 0.15) is 10.4 Å². The lowest BCUT2D eigenvalue weighted by atomic mass is 10.2. The summed E-state index contributed by atoms with van der Waals surface area (Å²) in [6, 6.07) is 6.78. The second-order valence-electron chi connectivity index (χ2n) is 4.08. The van der Waals surface area contributed by atoms with E-state index in [1.54, 1.807) is 0 Å². The van der Waals surface area contributed by atoms with Crippen molar-refractivity contribution >= 4 is 16.1 Å². The SMILES string of the molecule is O=C(OCC(F)(F)C(F)(F)CS(=O)(=O)O)c1ccccc1. The maximum atomic E-state index is 13.2. The summed E-state index contributed by atoms with van der Waals surface area (Å²) >= 11 is 0. The molecule has 0 aliphatic heterocycles. The standard InChI is InChI=1S/C11H10F4O5S/c12-10(13,11(14,15)7-21(17,18)19)6-20-9(16)8-4-2-1-3-5-8/h1-5H,6-7H2,(H,17,18,19). The van der Waals surface area contributed by atoms with Crippen molar-refractivity contribution < 1.29 is 40.1 Å². The molecule has 0 aliphatic rings. The zero-order chi connectivity index (χ0) is 16.3. The molecule has 5 nitrogen and oxygen atoms in total. The molecule has 10 heteroatoms. The van der Waals surface area contributed by atoms with E-state index in [0.717, 1.165) is 0 Å². The van der Waals surface area contributed by atoms with Crippen LogP contribution in [-0.4, -0.2) is 43.1 Å². The molecule has 1 aromatic carbocycles. The molecule has 0 radical (unpaired) electrons. The van der Waals surface area contributed by atoms with Gasteiger partial charge in [0.1, 0.15) is 5.75 Å². The minimum Gasteiger partial charge on any atom is -0.455 e. The van der Waals surface area contributed by atoms with E-state index in [2.05, 4.69) is 4.74 Å². The number of halogens is 4. The van der Waals surface area contributed by atoms with E-state index in [1.165, 1.54) is 30.3 Å². The third-order valence-electron chi connectivity index (χ3n) is 2.29. The van der Waals surface area contributed by atoms with Gasteiger partial charge in [0.25, 0.3) is 10.1 Å². The summed E-state index contributed by atoms with van der Waals surface area (Å²) in [5.41, 5.74) is -0.133. The Balaban J connectivity index is 2.74. The molecule has 0 bridgehead atoms. The second kappa shape index (κ2) is 5.98. The first kappa shape index (κ1) is 17.4. The molecule has 0 fully saturated rings. The molecule has 118 valence electrons. The molecular formula is C11H10F4O5S. The summed E-state index contributed by atoms with van der Waals surface area (Å²) < 4.78 is 85.4. The van der Waals surface area contributed by atoms with Gasteiger partial charge in [-0.3, -0.25) is 4.55 Å². The van der Waals surface area contributed by atoms with Crippen LogP contribution < -0.4 is 0 Å². The van der Waals surface area contributed by atoms with Crippen LogP contribution in [0.3, 0.4) is 0 Å². The molecule has 0 amide bonds. The summed E-state index contributed by atoms with van der Waals surface area (Å²) in [4.78, 5) is 11.3. The molecular weight excluding hydrogens is 320 g/mol. The first-order valence-electron chi connectivity index (χ1n) is 5.38. The highest BCUT2D eigenvalue weighted by atomic mass is 32.2. The van der Waals surface area contributed by atoms with Gasteiger partial charge in [0.15, 0.2) is 6.61 Å². The summed E-state index contributed by atoms with van der Waals surface area (Å²) in [5, 5.41) is 0. The Morgan fingerprint density at radius 1 is 1.10 bits per heavy atom. The van der Waals surface area contributed by atoms with Crippen molar-refractivity contribution in [1.82, 2.24) is 0 Å². The van der Waals surface area contributed by atoms with E-state index in [4.69, 9.17) is 4.55 Å². The summed E-state index contributed by atoms with van der Waals surface area (Å²) in [6.07, 6.45) is 0. The van der Waals surface area contributed by atoms with E-state index in [1.807, 2.05) is 0 Å². The Hall–Kier alpha value is -1.68. The number of benzene rings is 1. The number of hydrogen-bond acceptors (Lipinski definition) is 4. The number of rotatable bonds is 6. The van der Waals surface area contributed by atoms with Gasteiger partial charge >= 0.3 is 17.8 Å². The number of alkyl halides is 4. The van der Waals surface area contributed by atoms with E-state index in [-0.39, 0.29) is 5.56 Å². The van der Waals surface area contributed by atoms with Gasteiger partial charge in [0.05, 0.1) is 5.56 Å². The van der Waals surface area contributed by atoms with Gasteiger partial charge in [-0.25, -0.2) is 4.79 Å². The Morgan fingerprint density at radius 3 is 2.10 bits per heavy atom. The van der Waals surface area contributed by atoms with Crippen LogP contribution in [0.15, 0.2) is 30.3 Å². The summed E-state index contributed by atoms with van der Waals surface area (Å²) in [6.45, 7) is -2.02. The molecule has 1 aromatic rings. The molecule has 21 heavy (non-hydrogen) atoms. The van der Waals surface area contributed by atoms with Gasteiger partial charge in [-0.05, 0) is 12.1 Å². The average Bonchev–Trinajstić information content (AvgIpc) is 2.34. The number of hydrogen-bond donors (Lipinski definition) is 1. The van der Waals surface area contributed by atoms with Crippen LogP contribution in [0.25, 0.3) is 0 Å². The van der Waals surface area contributed by atoms with Gasteiger partial charge in [-0.1, -0.05) is 18.2 Å². The van der Waals surface area contributed by atoms with Crippen LogP contribution in [0.2, 0.25) is 0 Å². The van der Waals surface area contributed by atoms with Gasteiger partial charge in [-0.2, -0.15) is 26.0 Å². The molecule has 0 aromatic heterocycles. The lowest BCUT2D eigenvalue weighted by molar-refractivity contribution is -0.213. The first-order valence-corrected chi connectivity index (χ1v) is 6.98. The van der Waals surface area contributed by atoms with E-state index in [9.17, 15) is 30.8 Å². The van der Waals surface area contributed by atoms with Crippen molar-refractivity contribution in [3.05, 3.63) is 35.9 Å². The van der Waals surface area contributed by atoms with Gasteiger partial charge < -0.3 is 4.74 Å². The van der Waals surface area contributed by atoms with Crippen LogP contribution >= 0.6 is 0 Å². The van der Waals surface area contributed by atoms with Crippen molar-refractivity contribution in [1.29, 1.82) is 0 Å². The van der Waals surface area contributed by atoms with Gasteiger partial charge in [-0.15, -0.1) is 0 Å². The quantitative estimate of drug-likeness (QED) is 0.490. The first-order chi connectivity index (χ1) is 9.45. The van der Waals surface area contributed by atoms with Crippen LogP contribution in [0.5, 0.6) is 0 Å². The van der Waals surface area contributed by atoms with Crippen molar-refractivity contribution in [3.63, 3.8) is 0 Å². The maximum absolute atomic E-state index is 13.2. The van der Waals surface area contributed by atoms with Crippen LogP contribution in [0.4, 0.5) is 17.6 Å². The van der Waals surface area contributed by atoms with Crippen LogP contribution in [0, 0.1) is 0 Å². The molecule has 0 spiro atoms. The van der Waals surface area contributed by atoms with Gasteiger partial charge in [0.2, 0.25) is 0 Å². The lowest BCUT2D eigenvalue weighted by Gasteiger charge is -2.24. The van der Waals surface area contributed by atoms with Crippen LogP contribution in [-0.2, 0) is 14.9 Å². The van der Waals surface area contributed by atoms with E-state index >= 15 is 0 Å². The normalized spacial score (nSPS) is 13.0. The summed E-state index contributed by atoms with van der Waals surface area (Å²) in [7, 11) is -5.33. The number of ether oxygens (including phenoxy) is 1. The van der Waals surface area contributed by atoms with Crippen molar-refractivity contribution in [2.75, 3.05) is 12.4 Å². The molecule has 0 unspecified atom stereocenters. The number of carbonyl (C=O) groups is 1. The van der Waals surface area contributed by atoms with Crippen molar-refractivity contribution in [2.45, 2.75) is 11.8 Å². The predicted octanol–water partition coefficient (Wildman–Crippen LogP) is 2.00. The smallest absolute Gasteiger partial charge is 0.344 e. The minimum atomic E-state index is -5.33. The summed E-state index contributed by atoms with van der Waals surface area (Å²) in [5.74, 6) is -13.8. The predicted molar refractivity (Wildman–Crippen MR) is 63.0 cm³/mol. The highest BCUT2D eigenvalue weighted by Gasteiger charge is 2.59. The third-order valence-corrected chi connectivity index (χ3v) is 3.02. The fraction of sp³-hybridized carbons (Fsp3) is 0.364. The second-order valence-corrected chi connectivity index (χ2v) is 5.53. The number of carbonyl (C=O) groups excluding carboxylic acids is 1. The van der Waals surface area contributed by atoms with Crippen molar-refractivity contribution in [2.24, 2.45) is 0 Å². The third kappa shape index (κ3) is 4.97. The van der Waals surface area contributed by atoms with Crippen molar-refractivity contribution in [3.8, 4) is 0 Å². The van der Waals surface area contributed by atoms with E-state index in [0.29, 0.717) is 0 Å². The maximum Gasteiger partial charge on any atom is 0.344 e. The Bertz CT molecular complexity index is 600. The molecule has 0 aliphatic carbocycles. The largest absolute Gasteiger partial charge is 0.455 e. The Labute approximate surface area is 117 Å². The van der Waals surface area contributed by atoms with E-state index < -0.39 is 40.3 Å². The monoisotopic (exact) mass is 330 g/mol. The highest BCUT2D eigenvalue weighted by Crippen LogP contribution is 2.35. The topological polar surface area (TPSA) is 80.7 Å². The fourth-order valence-electron chi connectivity index (χ4n) is 1.25. The molecule has 1 rings (SSSR count). The zero-order valence-corrected chi connectivity index (χ0v) is 11.1. The Morgan fingerprint density at radius 2 is 1.62 bits per heavy atom. The molecule has 0 saturated heterocycles. The molecule has 0 atom stereocenters. The Kier molecular flexibility index (Phi) is 4.95. The zero-order valence-electron chi connectivity index (χ0n) is 10.3. The lowest BCUT2D eigenvalue weighted by Crippen LogP contribution is -2.49. The highest BCUT2D eigenvalue weighted by molar-refractivity contribution is 7.85. The average molecular weight is 330 g/mol. The number of esters is 1.